The molecule has 1 heterocycles. The monoisotopic (exact) mass is 345 g/mol. The summed E-state index contributed by atoms with van der Waals surface area (Å²) in [7, 11) is 0. The average Bonchev–Trinajstić information content (AvgIpc) is 2.62. The second-order valence-electron chi connectivity index (χ2n) is 4.86. The number of carbonyl (C=O) groups is 1. The lowest BCUT2D eigenvalue weighted by Crippen LogP contribution is -2.35. The Hall–Kier alpha value is -0.580. The Balaban J connectivity index is 2.33. The maximum atomic E-state index is 11.7. The summed E-state index contributed by atoms with van der Waals surface area (Å²) in [6.07, 6.45) is 4.48. The van der Waals surface area contributed by atoms with Crippen molar-refractivity contribution in [1.82, 2.24) is 4.90 Å². The molecule has 104 valence electrons. The van der Waals surface area contributed by atoms with Gasteiger partial charge in [-0.2, -0.15) is 0 Å². The summed E-state index contributed by atoms with van der Waals surface area (Å²) >= 11 is 9.44. The maximum absolute atomic E-state index is 11.7. The summed E-state index contributed by atoms with van der Waals surface area (Å²) in [6, 6.07) is 4.70. The van der Waals surface area contributed by atoms with Crippen LogP contribution in [0.25, 0.3) is 0 Å². The van der Waals surface area contributed by atoms with Crippen LogP contribution >= 0.6 is 27.5 Å². The summed E-state index contributed by atoms with van der Waals surface area (Å²) in [6.45, 7) is 1.66. The Morgan fingerprint density at radius 2 is 1.89 bits per heavy atom. The van der Waals surface area contributed by atoms with E-state index >= 15 is 0 Å². The number of nitrogens with zero attached hydrogens (tertiary/aromatic N) is 1. The van der Waals surface area contributed by atoms with Crippen molar-refractivity contribution in [2.24, 2.45) is 0 Å². The second-order valence-corrected chi connectivity index (χ2v) is 6.15. The maximum Gasteiger partial charge on any atom is 0.325 e. The molecular formula is C14H17BrClNO2. The van der Waals surface area contributed by atoms with Gasteiger partial charge in [-0.1, -0.05) is 40.4 Å². The molecule has 0 bridgehead atoms. The number of halogens is 2. The molecule has 1 aromatic carbocycles. The second kappa shape index (κ2) is 6.73. The molecule has 5 heteroatoms. The van der Waals surface area contributed by atoms with Crippen molar-refractivity contribution in [1.29, 1.82) is 0 Å². The van der Waals surface area contributed by atoms with E-state index in [0.29, 0.717) is 5.02 Å². The number of benzene rings is 1. The highest BCUT2D eigenvalue weighted by Gasteiger charge is 2.29. The summed E-state index contributed by atoms with van der Waals surface area (Å²) in [4.78, 5) is 13.7. The molecule has 0 radical (unpaired) electrons. The van der Waals surface area contributed by atoms with Crippen LogP contribution < -0.4 is 0 Å². The van der Waals surface area contributed by atoms with Crippen LogP contribution in [0.1, 0.15) is 37.3 Å². The highest BCUT2D eigenvalue weighted by Crippen LogP contribution is 2.32. The lowest BCUT2D eigenvalue weighted by molar-refractivity contribution is -0.143. The number of hydrogen-bond acceptors (Lipinski definition) is 2. The van der Waals surface area contributed by atoms with Crippen molar-refractivity contribution in [3.63, 3.8) is 0 Å². The third kappa shape index (κ3) is 3.71. The van der Waals surface area contributed by atoms with Crippen LogP contribution in [-0.4, -0.2) is 29.1 Å². The lowest BCUT2D eigenvalue weighted by Gasteiger charge is -2.28. The first-order chi connectivity index (χ1) is 9.09. The summed E-state index contributed by atoms with van der Waals surface area (Å²) < 4.78 is 0.800. The van der Waals surface area contributed by atoms with Gasteiger partial charge in [0, 0.05) is 9.50 Å². The Kier molecular flexibility index (Phi) is 5.25. The molecule has 1 atom stereocenters. The zero-order chi connectivity index (χ0) is 13.8. The number of aliphatic carboxylic acids is 1. The summed E-state index contributed by atoms with van der Waals surface area (Å²) in [5.41, 5.74) is 0.738. The number of carboxylic acids is 1. The fourth-order valence-electron chi connectivity index (χ4n) is 2.56. The van der Waals surface area contributed by atoms with E-state index in [1.165, 1.54) is 12.8 Å². The zero-order valence-corrected chi connectivity index (χ0v) is 13.0. The molecule has 1 unspecified atom stereocenters. The topological polar surface area (TPSA) is 40.5 Å². The first-order valence-corrected chi connectivity index (χ1v) is 7.68. The SMILES string of the molecule is O=C(O)C(c1cc(Cl)ccc1Br)N1CCCCCC1. The predicted octanol–water partition coefficient (Wildman–Crippen LogP) is 4.10. The van der Waals surface area contributed by atoms with Gasteiger partial charge in [-0.3, -0.25) is 9.69 Å². The summed E-state index contributed by atoms with van der Waals surface area (Å²) in [5.74, 6) is -0.815. The summed E-state index contributed by atoms with van der Waals surface area (Å²) in [5, 5.41) is 10.1. The van der Waals surface area contributed by atoms with Gasteiger partial charge in [0.1, 0.15) is 6.04 Å². The molecule has 1 aromatic rings. The van der Waals surface area contributed by atoms with Crippen LogP contribution in [0.4, 0.5) is 0 Å². The average molecular weight is 347 g/mol. The third-order valence-electron chi connectivity index (χ3n) is 3.49. The van der Waals surface area contributed by atoms with Crippen LogP contribution in [0.3, 0.4) is 0 Å². The van der Waals surface area contributed by atoms with E-state index < -0.39 is 12.0 Å². The van der Waals surface area contributed by atoms with Crippen molar-refractivity contribution < 1.29 is 9.90 Å². The van der Waals surface area contributed by atoms with E-state index in [9.17, 15) is 9.90 Å². The van der Waals surface area contributed by atoms with Gasteiger partial charge in [0.2, 0.25) is 0 Å². The third-order valence-corrected chi connectivity index (χ3v) is 4.45. The molecule has 1 saturated heterocycles. The van der Waals surface area contributed by atoms with Gasteiger partial charge in [0.15, 0.2) is 0 Å². The van der Waals surface area contributed by atoms with Crippen molar-refractivity contribution >= 4 is 33.5 Å². The lowest BCUT2D eigenvalue weighted by atomic mass is 10.1. The van der Waals surface area contributed by atoms with Crippen LogP contribution in [0, 0.1) is 0 Å². The Morgan fingerprint density at radius 3 is 2.47 bits per heavy atom. The van der Waals surface area contributed by atoms with E-state index in [0.717, 1.165) is 36.0 Å². The normalized spacial score (nSPS) is 18.8. The molecular weight excluding hydrogens is 330 g/mol. The Labute approximate surface area is 126 Å². The molecule has 3 nitrogen and oxygen atoms in total. The number of rotatable bonds is 3. The molecule has 0 amide bonds. The molecule has 19 heavy (non-hydrogen) atoms. The molecule has 0 aliphatic carbocycles. The van der Waals surface area contributed by atoms with Gasteiger partial charge in [-0.15, -0.1) is 0 Å². The molecule has 1 N–H and O–H groups in total. The van der Waals surface area contributed by atoms with Crippen molar-refractivity contribution in [3.05, 3.63) is 33.3 Å². The van der Waals surface area contributed by atoms with E-state index in [1.807, 2.05) is 11.0 Å². The molecule has 2 rings (SSSR count). The highest BCUT2D eigenvalue weighted by atomic mass is 79.9. The van der Waals surface area contributed by atoms with Crippen LogP contribution in [-0.2, 0) is 4.79 Å². The molecule has 0 aromatic heterocycles. The number of likely N-dealkylation sites (tertiary alicyclic amines) is 1. The van der Waals surface area contributed by atoms with E-state index in [2.05, 4.69) is 15.9 Å². The van der Waals surface area contributed by atoms with Gasteiger partial charge in [0.25, 0.3) is 0 Å². The van der Waals surface area contributed by atoms with Crippen LogP contribution in [0.5, 0.6) is 0 Å². The van der Waals surface area contributed by atoms with Crippen LogP contribution in [0.2, 0.25) is 5.02 Å². The number of hydrogen-bond donors (Lipinski definition) is 1. The van der Waals surface area contributed by atoms with Gasteiger partial charge in [-0.05, 0) is 49.7 Å². The minimum absolute atomic E-state index is 0.569. The predicted molar refractivity (Wildman–Crippen MR) is 79.6 cm³/mol. The fraction of sp³-hybridized carbons (Fsp3) is 0.500. The molecule has 1 fully saturated rings. The zero-order valence-electron chi connectivity index (χ0n) is 10.6. The highest BCUT2D eigenvalue weighted by molar-refractivity contribution is 9.10. The van der Waals surface area contributed by atoms with Crippen LogP contribution in [0.15, 0.2) is 22.7 Å². The first kappa shape index (κ1) is 14.8. The molecule has 1 aliphatic rings. The van der Waals surface area contributed by atoms with Crippen molar-refractivity contribution in [2.75, 3.05) is 13.1 Å². The number of carboxylic acid groups (broad SMARTS) is 1. The Morgan fingerprint density at radius 1 is 1.26 bits per heavy atom. The fourth-order valence-corrected chi connectivity index (χ4v) is 3.21. The standard InChI is InChI=1S/C14H17BrClNO2/c15-12-6-5-10(16)9-11(12)13(14(18)19)17-7-3-1-2-4-8-17/h5-6,9,13H,1-4,7-8H2,(H,18,19). The van der Waals surface area contributed by atoms with Gasteiger partial charge < -0.3 is 5.11 Å². The molecule has 0 spiro atoms. The quantitative estimate of drug-likeness (QED) is 0.895. The minimum Gasteiger partial charge on any atom is -0.480 e. The van der Waals surface area contributed by atoms with Gasteiger partial charge in [-0.25, -0.2) is 0 Å². The van der Waals surface area contributed by atoms with Crippen molar-refractivity contribution in [2.45, 2.75) is 31.7 Å². The van der Waals surface area contributed by atoms with Gasteiger partial charge in [0.05, 0.1) is 0 Å². The Bertz CT molecular complexity index is 459. The molecule has 0 saturated carbocycles. The van der Waals surface area contributed by atoms with E-state index in [4.69, 9.17) is 11.6 Å². The van der Waals surface area contributed by atoms with Gasteiger partial charge >= 0.3 is 5.97 Å². The molecule has 1 aliphatic heterocycles. The first-order valence-electron chi connectivity index (χ1n) is 6.51. The largest absolute Gasteiger partial charge is 0.480 e. The van der Waals surface area contributed by atoms with Crippen molar-refractivity contribution in [3.8, 4) is 0 Å². The van der Waals surface area contributed by atoms with E-state index in [-0.39, 0.29) is 0 Å². The minimum atomic E-state index is -0.815. The smallest absolute Gasteiger partial charge is 0.325 e. The van der Waals surface area contributed by atoms with E-state index in [1.54, 1.807) is 12.1 Å².